The fraction of sp³-hybridized carbons (Fsp3) is 0.630. The second-order valence-corrected chi connectivity index (χ2v) is 11.6. The number of hydrogen-bond acceptors (Lipinski definition) is 6. The molecule has 3 heterocycles. The minimum absolute atomic E-state index is 0.00488. The van der Waals surface area contributed by atoms with Gasteiger partial charge < -0.3 is 10.6 Å². The number of amides is 2. The van der Waals surface area contributed by atoms with Gasteiger partial charge in [-0.25, -0.2) is 23.0 Å². The summed E-state index contributed by atoms with van der Waals surface area (Å²) in [5, 5.41) is 16.8. The van der Waals surface area contributed by atoms with Crippen LogP contribution in [0.3, 0.4) is 0 Å². The molecule has 0 aliphatic heterocycles. The Bertz CT molecular complexity index is 1500. The zero-order chi connectivity index (χ0) is 32.6. The van der Waals surface area contributed by atoms with Crippen molar-refractivity contribution in [3.05, 3.63) is 41.6 Å². The summed E-state index contributed by atoms with van der Waals surface area (Å²) in [6.45, 7) is -0.650. The lowest BCUT2D eigenvalue weighted by Crippen LogP contribution is -2.38. The average Bonchev–Trinajstić information content (AvgIpc) is 3.52. The predicted octanol–water partition coefficient (Wildman–Crippen LogP) is 5.48. The lowest BCUT2D eigenvalue weighted by molar-refractivity contribution is -0.144. The van der Waals surface area contributed by atoms with Gasteiger partial charge in [0.05, 0.1) is 55.8 Å². The van der Waals surface area contributed by atoms with Crippen molar-refractivity contribution in [1.29, 1.82) is 0 Å². The third kappa shape index (κ3) is 8.65. The maximum Gasteiger partial charge on any atom is 0.390 e. The van der Waals surface area contributed by atoms with Gasteiger partial charge in [0, 0.05) is 19.3 Å². The highest BCUT2D eigenvalue weighted by molar-refractivity contribution is 5.92. The topological polar surface area (TPSA) is 119 Å². The summed E-state index contributed by atoms with van der Waals surface area (Å²) in [5.74, 6) is -4.93. The van der Waals surface area contributed by atoms with Gasteiger partial charge in [0.2, 0.25) is 11.8 Å². The molecule has 2 saturated carbocycles. The Morgan fingerprint density at radius 2 is 1.60 bits per heavy atom. The average molecular weight is 651 g/mol. The van der Waals surface area contributed by atoms with E-state index in [0.717, 1.165) is 23.7 Å². The molecule has 0 spiro atoms. The molecule has 0 bridgehead atoms. The second kappa shape index (κ2) is 12.5. The molecular formula is C27H30F8N8O2. The number of carbonyl (C=O) groups excluding carboxylic acids is 2. The molecule has 0 unspecified atom stereocenters. The van der Waals surface area contributed by atoms with E-state index in [0.29, 0.717) is 5.56 Å². The van der Waals surface area contributed by atoms with Crippen LogP contribution in [0.25, 0.3) is 5.65 Å². The van der Waals surface area contributed by atoms with Gasteiger partial charge in [0.1, 0.15) is 5.69 Å². The fourth-order valence-electron chi connectivity index (χ4n) is 5.51. The number of rotatable bonds is 11. The van der Waals surface area contributed by atoms with E-state index in [9.17, 15) is 44.7 Å². The quantitative estimate of drug-likeness (QED) is 0.266. The van der Waals surface area contributed by atoms with E-state index >= 15 is 0 Å². The monoisotopic (exact) mass is 650 g/mol. The Kier molecular flexibility index (Phi) is 9.04. The van der Waals surface area contributed by atoms with E-state index in [1.54, 1.807) is 6.07 Å². The summed E-state index contributed by atoms with van der Waals surface area (Å²) in [7, 11) is 0. The van der Waals surface area contributed by atoms with Crippen LogP contribution in [-0.4, -0.2) is 59.7 Å². The summed E-state index contributed by atoms with van der Waals surface area (Å²) >= 11 is 0. The number of halogens is 8. The van der Waals surface area contributed by atoms with Crippen LogP contribution in [-0.2, 0) is 11.3 Å². The van der Waals surface area contributed by atoms with Crippen LogP contribution in [0.4, 0.5) is 35.1 Å². The number of nitrogens with one attached hydrogen (secondary N) is 2. The Balaban J connectivity index is 1.39. The van der Waals surface area contributed by atoms with Crippen molar-refractivity contribution in [3.8, 4) is 0 Å². The second-order valence-electron chi connectivity index (χ2n) is 11.6. The van der Waals surface area contributed by atoms with Crippen LogP contribution in [0, 0.1) is 11.8 Å². The number of fused-ring (bicyclic) bond motifs is 1. The number of hydrogen-bond donors (Lipinski definition) is 2. The number of aryl methyl sites for hydroxylation is 1. The summed E-state index contributed by atoms with van der Waals surface area (Å²) in [4.78, 5) is 30.1. The Labute approximate surface area is 250 Å². The normalized spacial score (nSPS) is 18.9. The lowest BCUT2D eigenvalue weighted by Gasteiger charge is -2.33. The number of nitrogens with zero attached hydrogens (tertiary/aromatic N) is 6. The number of carbonyl (C=O) groups is 2. The first-order chi connectivity index (χ1) is 21.1. The molecule has 3 aromatic rings. The third-order valence-electron chi connectivity index (χ3n) is 8.06. The predicted molar refractivity (Wildman–Crippen MR) is 140 cm³/mol. The molecule has 0 radical (unpaired) electrons. The molecule has 0 saturated heterocycles. The first-order valence-electron chi connectivity index (χ1n) is 14.4. The number of alkyl halides is 8. The van der Waals surface area contributed by atoms with E-state index in [1.807, 2.05) is 0 Å². The van der Waals surface area contributed by atoms with Crippen molar-refractivity contribution >= 4 is 17.5 Å². The molecule has 45 heavy (non-hydrogen) atoms. The summed E-state index contributed by atoms with van der Waals surface area (Å²) in [6, 6.07) is 0.0862. The van der Waals surface area contributed by atoms with Crippen LogP contribution in [0.15, 0.2) is 24.7 Å². The van der Waals surface area contributed by atoms with Crippen LogP contribution in [0.5, 0.6) is 0 Å². The van der Waals surface area contributed by atoms with Gasteiger partial charge in [0.25, 0.3) is 5.91 Å². The van der Waals surface area contributed by atoms with E-state index in [4.69, 9.17) is 0 Å². The zero-order valence-corrected chi connectivity index (χ0v) is 23.7. The van der Waals surface area contributed by atoms with Crippen molar-refractivity contribution in [1.82, 2.24) is 40.2 Å². The number of aromatic nitrogens is 6. The van der Waals surface area contributed by atoms with Gasteiger partial charge in [0.15, 0.2) is 5.65 Å². The van der Waals surface area contributed by atoms with Crippen molar-refractivity contribution in [2.24, 2.45) is 11.8 Å². The highest BCUT2D eigenvalue weighted by Crippen LogP contribution is 2.43. The maximum absolute atomic E-state index is 14.0. The van der Waals surface area contributed by atoms with Gasteiger partial charge >= 0.3 is 12.4 Å². The van der Waals surface area contributed by atoms with Gasteiger partial charge in [-0.05, 0) is 49.1 Å². The van der Waals surface area contributed by atoms with Crippen LogP contribution < -0.4 is 10.6 Å². The van der Waals surface area contributed by atoms with Crippen molar-refractivity contribution in [2.75, 3.05) is 0 Å². The van der Waals surface area contributed by atoms with Crippen LogP contribution >= 0.6 is 0 Å². The zero-order valence-electron chi connectivity index (χ0n) is 23.7. The smallest absolute Gasteiger partial charge is 0.349 e. The Hall–Kier alpha value is -3.86. The molecule has 2 fully saturated rings. The van der Waals surface area contributed by atoms with Crippen molar-refractivity contribution in [2.45, 2.75) is 94.7 Å². The Morgan fingerprint density at radius 1 is 0.933 bits per heavy atom. The standard InChI is InChI=1S/C27H30F8N8O2/c28-25(29)6-3-16(4-7-25)23(40-24(45)19-13-36-41-42(19)10-9-27(33,34)35)18-14-43-20(38-18)11-17(12-37-43)22(15-1-2-15)39-21(44)5-8-26(30,31)32/h11-16,22-23H,1-10H2,(H,39,44)(H,40,45)/t22-,23+/m1/s1. The van der Waals surface area contributed by atoms with E-state index in [1.165, 1.54) is 16.9 Å². The van der Waals surface area contributed by atoms with E-state index in [2.05, 4.69) is 31.0 Å². The molecule has 2 atom stereocenters. The first-order valence-corrected chi connectivity index (χ1v) is 14.4. The first kappa shape index (κ1) is 32.5. The van der Waals surface area contributed by atoms with Crippen molar-refractivity contribution < 1.29 is 44.7 Å². The minimum atomic E-state index is -4.50. The molecule has 10 nitrogen and oxygen atoms in total. The van der Waals surface area contributed by atoms with E-state index in [-0.39, 0.29) is 35.8 Å². The largest absolute Gasteiger partial charge is 0.390 e. The van der Waals surface area contributed by atoms with Gasteiger partial charge in [-0.15, -0.1) is 5.10 Å². The molecule has 2 aliphatic rings. The molecule has 2 aliphatic carbocycles. The molecular weight excluding hydrogens is 620 g/mol. The molecule has 246 valence electrons. The fourth-order valence-corrected chi connectivity index (χ4v) is 5.51. The Morgan fingerprint density at radius 3 is 2.24 bits per heavy atom. The highest BCUT2D eigenvalue weighted by Gasteiger charge is 2.40. The van der Waals surface area contributed by atoms with Crippen molar-refractivity contribution in [3.63, 3.8) is 0 Å². The van der Waals surface area contributed by atoms with E-state index < -0.39 is 86.7 Å². The SMILES string of the molecule is O=C(CCC(F)(F)F)N[C@@H](c1cnn2cc([C@@H](NC(=O)c3cnnn3CCC(F)(F)F)C3CCC(F)(F)CC3)nc2c1)C1CC1. The summed E-state index contributed by atoms with van der Waals surface area (Å²) in [5.41, 5.74) is 0.799. The lowest BCUT2D eigenvalue weighted by atomic mass is 9.81. The van der Waals surface area contributed by atoms with Crippen LogP contribution in [0.1, 0.15) is 91.6 Å². The summed E-state index contributed by atoms with van der Waals surface area (Å²) in [6.07, 6.45) is -7.53. The summed E-state index contributed by atoms with van der Waals surface area (Å²) < 4.78 is 106. The maximum atomic E-state index is 14.0. The highest BCUT2D eigenvalue weighted by atomic mass is 19.4. The molecule has 0 aromatic carbocycles. The van der Waals surface area contributed by atoms with Gasteiger partial charge in [-0.2, -0.15) is 31.4 Å². The van der Waals surface area contributed by atoms with Gasteiger partial charge in [-0.1, -0.05) is 5.21 Å². The molecule has 3 aromatic heterocycles. The minimum Gasteiger partial charge on any atom is -0.349 e. The third-order valence-corrected chi connectivity index (χ3v) is 8.06. The number of imidazole rings is 1. The van der Waals surface area contributed by atoms with Gasteiger partial charge in [-0.3, -0.25) is 9.59 Å². The molecule has 2 N–H and O–H groups in total. The molecule has 5 rings (SSSR count). The molecule has 2 amide bonds. The van der Waals surface area contributed by atoms with Crippen LogP contribution in [0.2, 0.25) is 0 Å². The molecule has 18 heteroatoms.